The zero-order valence-corrected chi connectivity index (χ0v) is 11.4. The molecule has 0 aliphatic heterocycles. The highest BCUT2D eigenvalue weighted by Gasteiger charge is 2.12. The average Bonchev–Trinajstić information content (AvgIpc) is 3.17. The van der Waals surface area contributed by atoms with Crippen LogP contribution in [0.4, 0.5) is 0 Å². The van der Waals surface area contributed by atoms with Crippen LogP contribution in [0.25, 0.3) is 17.2 Å². The summed E-state index contributed by atoms with van der Waals surface area (Å²) in [6, 6.07) is 0. The van der Waals surface area contributed by atoms with Gasteiger partial charge in [0, 0.05) is 36.7 Å². The molecular formula is C14H13N7. The fourth-order valence-corrected chi connectivity index (χ4v) is 2.38. The van der Waals surface area contributed by atoms with E-state index in [4.69, 9.17) is 0 Å². The number of hydrogen-bond acceptors (Lipinski definition) is 4. The number of aromatic amines is 1. The van der Waals surface area contributed by atoms with E-state index >= 15 is 0 Å². The zero-order valence-electron chi connectivity index (χ0n) is 11.4. The highest BCUT2D eigenvalue weighted by molar-refractivity contribution is 5.53. The third kappa shape index (κ3) is 1.99. The van der Waals surface area contributed by atoms with Crippen LogP contribution in [0, 0.1) is 6.92 Å². The second kappa shape index (κ2) is 4.55. The molecule has 0 bridgehead atoms. The Balaban J connectivity index is 1.72. The van der Waals surface area contributed by atoms with Crippen molar-refractivity contribution in [1.82, 2.24) is 33.9 Å². The van der Waals surface area contributed by atoms with Gasteiger partial charge in [-0.05, 0) is 6.92 Å². The Morgan fingerprint density at radius 3 is 2.95 bits per heavy atom. The Morgan fingerprint density at radius 2 is 2.14 bits per heavy atom. The summed E-state index contributed by atoms with van der Waals surface area (Å²) in [4.78, 5) is 20.4. The second-order valence-electron chi connectivity index (χ2n) is 4.83. The Hall–Kier alpha value is -2.96. The summed E-state index contributed by atoms with van der Waals surface area (Å²) in [5.41, 5.74) is 3.66. The van der Waals surface area contributed by atoms with E-state index in [0.29, 0.717) is 6.54 Å². The van der Waals surface area contributed by atoms with E-state index in [-0.39, 0.29) is 0 Å². The number of fused-ring (bicyclic) bond motifs is 1. The minimum Gasteiger partial charge on any atom is -0.348 e. The van der Waals surface area contributed by atoms with E-state index in [1.165, 1.54) is 0 Å². The summed E-state index contributed by atoms with van der Waals surface area (Å²) in [6.45, 7) is 2.63. The lowest BCUT2D eigenvalue weighted by atomic mass is 10.3. The van der Waals surface area contributed by atoms with Crippen molar-refractivity contribution in [2.45, 2.75) is 13.5 Å². The van der Waals surface area contributed by atoms with Gasteiger partial charge < -0.3 is 14.0 Å². The largest absolute Gasteiger partial charge is 0.348 e. The van der Waals surface area contributed by atoms with Crippen molar-refractivity contribution >= 4 is 5.65 Å². The fourth-order valence-electron chi connectivity index (χ4n) is 2.38. The number of aromatic nitrogens is 7. The molecule has 4 rings (SSSR count). The van der Waals surface area contributed by atoms with Crippen LogP contribution in [-0.4, -0.2) is 33.9 Å². The van der Waals surface area contributed by atoms with Crippen LogP contribution < -0.4 is 0 Å². The van der Waals surface area contributed by atoms with Gasteiger partial charge in [-0.15, -0.1) is 0 Å². The molecule has 4 aromatic rings. The summed E-state index contributed by atoms with van der Waals surface area (Å²) >= 11 is 0. The van der Waals surface area contributed by atoms with Gasteiger partial charge in [0.25, 0.3) is 0 Å². The maximum absolute atomic E-state index is 4.56. The van der Waals surface area contributed by atoms with Crippen LogP contribution in [0.3, 0.4) is 0 Å². The maximum Gasteiger partial charge on any atom is 0.160 e. The van der Waals surface area contributed by atoms with Crippen molar-refractivity contribution in [1.29, 1.82) is 0 Å². The molecule has 0 atom stereocenters. The molecule has 4 aromatic heterocycles. The van der Waals surface area contributed by atoms with E-state index in [0.717, 1.165) is 28.6 Å². The molecular weight excluding hydrogens is 266 g/mol. The quantitative estimate of drug-likeness (QED) is 0.619. The monoisotopic (exact) mass is 279 g/mol. The molecule has 0 aromatic carbocycles. The summed E-state index contributed by atoms with van der Waals surface area (Å²) < 4.78 is 4.00. The molecule has 0 aliphatic rings. The third-order valence-electron chi connectivity index (χ3n) is 3.40. The Bertz CT molecular complexity index is 866. The molecule has 0 fully saturated rings. The van der Waals surface area contributed by atoms with Gasteiger partial charge in [-0.1, -0.05) is 0 Å². The first-order chi connectivity index (χ1) is 10.3. The van der Waals surface area contributed by atoms with Crippen molar-refractivity contribution in [3.8, 4) is 11.5 Å². The number of rotatable bonds is 3. The minimum absolute atomic E-state index is 0.642. The lowest BCUT2D eigenvalue weighted by Gasteiger charge is -2.04. The standard InChI is InChI=1S/C14H13N7/c1-10-13(18-9-17-10)14-16-3-5-21(14)8-11-7-20-4-2-15-6-12(20)19-11/h2-7,9H,8H2,1H3,(H,17,18). The number of nitrogens with one attached hydrogen (secondary N) is 1. The highest BCUT2D eigenvalue weighted by atomic mass is 15.1. The highest BCUT2D eigenvalue weighted by Crippen LogP contribution is 2.18. The number of H-pyrrole nitrogens is 1. The van der Waals surface area contributed by atoms with E-state index in [1.54, 1.807) is 24.9 Å². The first-order valence-corrected chi connectivity index (χ1v) is 6.60. The number of imidazole rings is 3. The smallest absolute Gasteiger partial charge is 0.160 e. The van der Waals surface area contributed by atoms with Crippen LogP contribution in [0.1, 0.15) is 11.4 Å². The fraction of sp³-hybridized carbons (Fsp3) is 0.143. The number of nitrogens with zero attached hydrogens (tertiary/aromatic N) is 6. The Labute approximate surface area is 120 Å². The summed E-state index contributed by atoms with van der Waals surface area (Å²) in [7, 11) is 0. The lowest BCUT2D eigenvalue weighted by molar-refractivity contribution is 0.785. The molecule has 4 heterocycles. The van der Waals surface area contributed by atoms with E-state index in [1.807, 2.05) is 34.5 Å². The van der Waals surface area contributed by atoms with E-state index in [2.05, 4.69) is 24.9 Å². The van der Waals surface area contributed by atoms with Gasteiger partial charge in [0.15, 0.2) is 11.5 Å². The Kier molecular flexibility index (Phi) is 2.56. The SMILES string of the molecule is Cc1[nH]cnc1-c1nccn1Cc1cn2ccncc2n1. The lowest BCUT2D eigenvalue weighted by Crippen LogP contribution is -2.02. The first-order valence-electron chi connectivity index (χ1n) is 6.60. The predicted molar refractivity (Wildman–Crippen MR) is 76.6 cm³/mol. The van der Waals surface area contributed by atoms with Crippen molar-refractivity contribution in [2.24, 2.45) is 0 Å². The maximum atomic E-state index is 4.56. The van der Waals surface area contributed by atoms with Gasteiger partial charge in [0.05, 0.1) is 24.8 Å². The van der Waals surface area contributed by atoms with Crippen LogP contribution in [0.15, 0.2) is 43.5 Å². The van der Waals surface area contributed by atoms with Gasteiger partial charge >= 0.3 is 0 Å². The molecule has 0 aliphatic carbocycles. The van der Waals surface area contributed by atoms with Crippen LogP contribution in [0.5, 0.6) is 0 Å². The summed E-state index contributed by atoms with van der Waals surface area (Å²) in [6.07, 6.45) is 12.8. The molecule has 0 unspecified atom stereocenters. The topological polar surface area (TPSA) is 76.7 Å². The minimum atomic E-state index is 0.642. The van der Waals surface area contributed by atoms with Crippen molar-refractivity contribution in [3.05, 3.63) is 54.9 Å². The number of hydrogen-bond donors (Lipinski definition) is 1. The molecule has 104 valence electrons. The van der Waals surface area contributed by atoms with Crippen molar-refractivity contribution in [3.63, 3.8) is 0 Å². The van der Waals surface area contributed by atoms with Crippen LogP contribution in [-0.2, 0) is 6.54 Å². The summed E-state index contributed by atoms with van der Waals surface area (Å²) in [5, 5.41) is 0. The van der Waals surface area contributed by atoms with Crippen LogP contribution >= 0.6 is 0 Å². The van der Waals surface area contributed by atoms with Crippen molar-refractivity contribution < 1.29 is 0 Å². The molecule has 0 saturated heterocycles. The molecule has 0 saturated carbocycles. The van der Waals surface area contributed by atoms with Gasteiger partial charge in [-0.3, -0.25) is 4.98 Å². The Morgan fingerprint density at radius 1 is 1.19 bits per heavy atom. The predicted octanol–water partition coefficient (Wildman–Crippen LogP) is 1.67. The molecule has 7 nitrogen and oxygen atoms in total. The van der Waals surface area contributed by atoms with Gasteiger partial charge in [-0.25, -0.2) is 15.0 Å². The number of aryl methyl sites for hydroxylation is 1. The van der Waals surface area contributed by atoms with Gasteiger partial charge in [-0.2, -0.15) is 0 Å². The first kappa shape index (κ1) is 11.8. The average molecular weight is 279 g/mol. The second-order valence-corrected chi connectivity index (χ2v) is 4.83. The van der Waals surface area contributed by atoms with E-state index < -0.39 is 0 Å². The molecule has 0 spiro atoms. The molecule has 0 amide bonds. The van der Waals surface area contributed by atoms with Crippen molar-refractivity contribution in [2.75, 3.05) is 0 Å². The van der Waals surface area contributed by atoms with E-state index in [9.17, 15) is 0 Å². The molecule has 1 N–H and O–H groups in total. The van der Waals surface area contributed by atoms with Gasteiger partial charge in [0.1, 0.15) is 5.69 Å². The normalized spacial score (nSPS) is 11.3. The van der Waals surface area contributed by atoms with Gasteiger partial charge in [0.2, 0.25) is 0 Å². The summed E-state index contributed by atoms with van der Waals surface area (Å²) in [5.74, 6) is 0.837. The molecule has 21 heavy (non-hydrogen) atoms. The molecule has 7 heteroatoms. The van der Waals surface area contributed by atoms with Crippen LogP contribution in [0.2, 0.25) is 0 Å². The zero-order chi connectivity index (χ0) is 14.2. The molecule has 0 radical (unpaired) electrons. The third-order valence-corrected chi connectivity index (χ3v) is 3.40.